The predicted octanol–water partition coefficient (Wildman–Crippen LogP) is 3.19. The summed E-state index contributed by atoms with van der Waals surface area (Å²) >= 11 is 5.90. The van der Waals surface area contributed by atoms with Crippen molar-refractivity contribution in [3.8, 4) is 0 Å². The number of hydrogen-bond acceptors (Lipinski definition) is 3. The summed E-state index contributed by atoms with van der Waals surface area (Å²) in [5.74, 6) is -0.551. The van der Waals surface area contributed by atoms with E-state index in [9.17, 15) is 14.3 Å². The molecule has 0 aliphatic carbocycles. The number of benzene rings is 1. The Morgan fingerprint density at radius 1 is 1.32 bits per heavy atom. The van der Waals surface area contributed by atoms with Gasteiger partial charge in [0.05, 0.1) is 10.7 Å². The maximum Gasteiger partial charge on any atom is 0.278 e. The first kappa shape index (κ1) is 17.6. The molecule has 2 heterocycles. The molecule has 0 saturated carbocycles. The fraction of sp³-hybridized carbons (Fsp3) is 0.333. The molecule has 2 aromatic heterocycles. The fourth-order valence-corrected chi connectivity index (χ4v) is 3.41. The third kappa shape index (κ3) is 2.65. The van der Waals surface area contributed by atoms with E-state index in [1.54, 1.807) is 23.9 Å². The minimum atomic E-state index is -1.45. The van der Waals surface area contributed by atoms with Crippen LogP contribution in [0.4, 0.5) is 4.39 Å². The van der Waals surface area contributed by atoms with Crippen molar-refractivity contribution in [2.24, 2.45) is 7.05 Å². The zero-order chi connectivity index (χ0) is 18.4. The summed E-state index contributed by atoms with van der Waals surface area (Å²) in [6, 6.07) is 5.90. The van der Waals surface area contributed by atoms with Crippen LogP contribution in [-0.2, 0) is 19.2 Å². The molecule has 3 rings (SSSR count). The molecule has 0 spiro atoms. The van der Waals surface area contributed by atoms with E-state index in [0.29, 0.717) is 35.1 Å². The molecule has 25 heavy (non-hydrogen) atoms. The second kappa shape index (κ2) is 6.28. The van der Waals surface area contributed by atoms with Crippen molar-refractivity contribution >= 4 is 22.5 Å². The normalized spacial score (nSPS) is 14.0. The highest BCUT2D eigenvalue weighted by atomic mass is 35.5. The van der Waals surface area contributed by atoms with Gasteiger partial charge in [-0.1, -0.05) is 24.6 Å². The van der Waals surface area contributed by atoms with Gasteiger partial charge in [-0.25, -0.2) is 4.39 Å². The van der Waals surface area contributed by atoms with Crippen molar-refractivity contribution in [1.82, 2.24) is 14.3 Å². The van der Waals surface area contributed by atoms with Crippen LogP contribution < -0.4 is 5.56 Å². The van der Waals surface area contributed by atoms with Gasteiger partial charge in [0.2, 0.25) is 0 Å². The van der Waals surface area contributed by atoms with E-state index < -0.39 is 11.4 Å². The van der Waals surface area contributed by atoms with Crippen LogP contribution in [0.5, 0.6) is 0 Å². The maximum absolute atomic E-state index is 13.5. The summed E-state index contributed by atoms with van der Waals surface area (Å²) in [5.41, 5.74) is -0.440. The molecular formula is C18H19ClFN3O2. The monoisotopic (exact) mass is 363 g/mol. The lowest BCUT2D eigenvalue weighted by molar-refractivity contribution is 0.0692. The second-order valence-corrected chi connectivity index (χ2v) is 6.39. The van der Waals surface area contributed by atoms with Gasteiger partial charge in [0.1, 0.15) is 11.4 Å². The summed E-state index contributed by atoms with van der Waals surface area (Å²) in [7, 11) is 1.68. The van der Waals surface area contributed by atoms with E-state index in [2.05, 4.69) is 5.10 Å². The summed E-state index contributed by atoms with van der Waals surface area (Å²) in [4.78, 5) is 12.5. The number of aryl methyl sites for hydroxylation is 2. The van der Waals surface area contributed by atoms with Crippen LogP contribution in [0.15, 0.2) is 35.3 Å². The van der Waals surface area contributed by atoms with Gasteiger partial charge < -0.3 is 9.67 Å². The molecule has 1 N–H and O–H groups in total. The van der Waals surface area contributed by atoms with Crippen molar-refractivity contribution in [3.63, 3.8) is 0 Å². The van der Waals surface area contributed by atoms with E-state index in [4.69, 9.17) is 11.6 Å². The quantitative estimate of drug-likeness (QED) is 0.774. The molecular weight excluding hydrogens is 345 g/mol. The van der Waals surface area contributed by atoms with E-state index in [1.807, 2.05) is 13.8 Å². The van der Waals surface area contributed by atoms with Crippen LogP contribution in [0.25, 0.3) is 10.9 Å². The standard InChI is InChI=1S/C18H19ClFN3O2/c1-4-18(25,11-6-7-14(20)13(19)10-11)16-12-8-9-23(5-2)17(24)15(12)21-22(16)3/h6-10,25H,4-5H2,1-3H3/t18-/m1/s1. The first-order valence-electron chi connectivity index (χ1n) is 8.08. The van der Waals surface area contributed by atoms with Crippen molar-refractivity contribution in [2.75, 3.05) is 0 Å². The molecule has 0 radical (unpaired) electrons. The van der Waals surface area contributed by atoms with Gasteiger partial charge in [0, 0.05) is 25.2 Å². The molecule has 0 saturated heterocycles. The number of halogens is 2. The Morgan fingerprint density at radius 3 is 2.64 bits per heavy atom. The van der Waals surface area contributed by atoms with Crippen LogP contribution in [0.1, 0.15) is 31.5 Å². The van der Waals surface area contributed by atoms with Gasteiger partial charge in [-0.3, -0.25) is 9.48 Å². The average Bonchev–Trinajstić information content (AvgIpc) is 2.94. The lowest BCUT2D eigenvalue weighted by Crippen LogP contribution is -2.29. The molecule has 5 nitrogen and oxygen atoms in total. The van der Waals surface area contributed by atoms with Crippen LogP contribution in [0.2, 0.25) is 5.02 Å². The fourth-order valence-electron chi connectivity index (χ4n) is 3.23. The van der Waals surface area contributed by atoms with E-state index in [-0.39, 0.29) is 10.6 Å². The molecule has 0 aliphatic rings. The largest absolute Gasteiger partial charge is 0.379 e. The lowest BCUT2D eigenvalue weighted by Gasteiger charge is -2.28. The van der Waals surface area contributed by atoms with Crippen molar-refractivity contribution < 1.29 is 9.50 Å². The Morgan fingerprint density at radius 2 is 2.04 bits per heavy atom. The topological polar surface area (TPSA) is 60.1 Å². The second-order valence-electron chi connectivity index (χ2n) is 5.98. The van der Waals surface area contributed by atoms with Crippen LogP contribution in [-0.4, -0.2) is 19.5 Å². The van der Waals surface area contributed by atoms with E-state index >= 15 is 0 Å². The molecule has 132 valence electrons. The zero-order valence-electron chi connectivity index (χ0n) is 14.3. The van der Waals surface area contributed by atoms with E-state index in [1.165, 1.54) is 22.9 Å². The number of fused-ring (bicyclic) bond motifs is 1. The molecule has 1 atom stereocenters. The SMILES string of the molecule is CCn1ccc2c([C@@](O)(CC)c3ccc(F)c(Cl)c3)n(C)nc2c1=O. The van der Waals surface area contributed by atoms with Crippen LogP contribution in [0, 0.1) is 5.82 Å². The Kier molecular flexibility index (Phi) is 4.43. The summed E-state index contributed by atoms with van der Waals surface area (Å²) in [6.45, 7) is 4.22. The summed E-state index contributed by atoms with van der Waals surface area (Å²) < 4.78 is 16.6. The predicted molar refractivity (Wildman–Crippen MR) is 95.3 cm³/mol. The highest BCUT2D eigenvalue weighted by Crippen LogP contribution is 2.37. The minimum Gasteiger partial charge on any atom is -0.379 e. The van der Waals surface area contributed by atoms with Gasteiger partial charge in [0.15, 0.2) is 5.52 Å². The molecule has 3 aromatic rings. The molecule has 1 aromatic carbocycles. The zero-order valence-corrected chi connectivity index (χ0v) is 15.0. The third-order valence-corrected chi connectivity index (χ3v) is 4.90. The minimum absolute atomic E-state index is 0.0656. The Labute approximate surface area is 149 Å². The number of hydrogen-bond donors (Lipinski definition) is 1. The molecule has 0 fully saturated rings. The number of nitrogens with zero attached hydrogens (tertiary/aromatic N) is 3. The number of aliphatic hydroxyl groups is 1. The number of rotatable bonds is 4. The number of aromatic nitrogens is 3. The molecule has 0 amide bonds. The van der Waals surface area contributed by atoms with Gasteiger partial charge in [-0.2, -0.15) is 5.10 Å². The molecule has 0 aliphatic heterocycles. The Hall–Kier alpha value is -2.18. The van der Waals surface area contributed by atoms with Gasteiger partial charge >= 0.3 is 0 Å². The van der Waals surface area contributed by atoms with Gasteiger partial charge in [-0.05, 0) is 37.1 Å². The first-order chi connectivity index (χ1) is 11.8. The first-order valence-corrected chi connectivity index (χ1v) is 8.45. The maximum atomic E-state index is 13.5. The van der Waals surface area contributed by atoms with E-state index in [0.717, 1.165) is 0 Å². The van der Waals surface area contributed by atoms with Crippen molar-refractivity contribution in [1.29, 1.82) is 0 Å². The Balaban J connectivity index is 2.32. The lowest BCUT2D eigenvalue weighted by atomic mass is 9.86. The third-order valence-electron chi connectivity index (χ3n) is 4.61. The summed E-state index contributed by atoms with van der Waals surface area (Å²) in [5, 5.41) is 16.2. The average molecular weight is 364 g/mol. The van der Waals surface area contributed by atoms with Crippen molar-refractivity contribution in [2.45, 2.75) is 32.4 Å². The summed E-state index contributed by atoms with van der Waals surface area (Å²) in [6.07, 6.45) is 1.99. The van der Waals surface area contributed by atoms with Gasteiger partial charge in [0.25, 0.3) is 5.56 Å². The highest BCUT2D eigenvalue weighted by molar-refractivity contribution is 6.30. The molecule has 0 unspecified atom stereocenters. The van der Waals surface area contributed by atoms with Crippen molar-refractivity contribution in [3.05, 3.63) is 62.9 Å². The molecule has 0 bridgehead atoms. The van der Waals surface area contributed by atoms with Crippen LogP contribution >= 0.6 is 11.6 Å². The number of pyridine rings is 1. The van der Waals surface area contributed by atoms with Gasteiger partial charge in [-0.15, -0.1) is 0 Å². The van der Waals surface area contributed by atoms with Crippen LogP contribution in [0.3, 0.4) is 0 Å². The highest BCUT2D eigenvalue weighted by Gasteiger charge is 2.36. The Bertz CT molecular complexity index is 1010. The molecule has 7 heteroatoms. The smallest absolute Gasteiger partial charge is 0.278 e.